The van der Waals surface area contributed by atoms with Gasteiger partial charge in [-0.3, -0.25) is 4.79 Å². The molecule has 3 heteroatoms. The first-order chi connectivity index (χ1) is 11.1. The van der Waals surface area contributed by atoms with Gasteiger partial charge in [-0.2, -0.15) is 0 Å². The van der Waals surface area contributed by atoms with Crippen molar-refractivity contribution in [1.29, 1.82) is 0 Å². The van der Waals surface area contributed by atoms with Gasteiger partial charge in [0, 0.05) is 19.7 Å². The van der Waals surface area contributed by atoms with Crippen LogP contribution in [0.15, 0.2) is 30.3 Å². The molecule has 4 rings (SSSR count). The molecule has 0 aromatic heterocycles. The Bertz CT molecular complexity index is 671. The van der Waals surface area contributed by atoms with Crippen LogP contribution in [0.5, 0.6) is 0 Å². The van der Waals surface area contributed by atoms with Crippen LogP contribution in [0, 0.1) is 17.3 Å². The summed E-state index contributed by atoms with van der Waals surface area (Å²) in [6, 6.07) is 8.71. The molecule has 3 nitrogen and oxygen atoms in total. The van der Waals surface area contributed by atoms with E-state index in [1.807, 2.05) is 30.3 Å². The summed E-state index contributed by atoms with van der Waals surface area (Å²) < 4.78 is 52.3. The number of benzene rings is 1. The molecule has 0 N–H and O–H groups in total. The molecule has 0 bridgehead atoms. The third-order valence-corrected chi connectivity index (χ3v) is 4.32. The molecule has 94 valence electrons. The smallest absolute Gasteiger partial charge is 0.229 e. The summed E-state index contributed by atoms with van der Waals surface area (Å²) in [6.07, 6.45) is -0.567. The van der Waals surface area contributed by atoms with Gasteiger partial charge < -0.3 is 9.64 Å². The Morgan fingerprint density at radius 1 is 1.39 bits per heavy atom. The van der Waals surface area contributed by atoms with E-state index in [4.69, 9.17) is 13.0 Å². The molecule has 1 saturated carbocycles. The second-order valence-corrected chi connectivity index (χ2v) is 5.28. The van der Waals surface area contributed by atoms with Crippen molar-refractivity contribution < 1.29 is 17.8 Å². The third kappa shape index (κ3) is 1.11. The Kier molecular flexibility index (Phi) is 1.08. The molecule has 18 heavy (non-hydrogen) atoms. The number of carbonyl (C=O) groups is 1. The Morgan fingerprint density at radius 3 is 2.89 bits per heavy atom. The van der Waals surface area contributed by atoms with Crippen LogP contribution in [-0.2, 0) is 9.53 Å². The summed E-state index contributed by atoms with van der Waals surface area (Å²) in [7, 11) is 0. The van der Waals surface area contributed by atoms with E-state index in [1.165, 1.54) is 0 Å². The zero-order valence-electron chi connectivity index (χ0n) is 15.7. The van der Waals surface area contributed by atoms with Crippen molar-refractivity contribution in [2.24, 2.45) is 17.3 Å². The zero-order chi connectivity index (χ0) is 17.5. The van der Waals surface area contributed by atoms with Crippen molar-refractivity contribution in [2.75, 3.05) is 6.61 Å². The van der Waals surface area contributed by atoms with Gasteiger partial charge in [-0.25, -0.2) is 0 Å². The molecule has 2 aliphatic heterocycles. The molecule has 3 fully saturated rings. The number of hydrogen-bond donors (Lipinski definition) is 0. The molecular weight excluding hydrogens is 226 g/mol. The Morgan fingerprint density at radius 2 is 2.17 bits per heavy atom. The predicted molar refractivity (Wildman–Crippen MR) is 66.5 cm³/mol. The van der Waals surface area contributed by atoms with Crippen molar-refractivity contribution in [3.05, 3.63) is 35.9 Å². The first-order valence-corrected chi connectivity index (χ1v) is 6.11. The molecule has 1 aromatic rings. The van der Waals surface area contributed by atoms with Gasteiger partial charge in [-0.15, -0.1) is 0 Å². The van der Waals surface area contributed by atoms with Crippen molar-refractivity contribution in [2.45, 2.75) is 26.0 Å². The maximum atomic E-state index is 12.9. The van der Waals surface area contributed by atoms with Crippen LogP contribution in [0.2, 0.25) is 0 Å². The van der Waals surface area contributed by atoms with Gasteiger partial charge in [0.1, 0.15) is 0 Å². The standard InChI is InChI=1S/C15H17NO2/c1-15(2)11-10-8-18-14(9-6-4-3-5-7-9)16(10)13(17)12(11)15/h3-7,10-12,14H,8H2,1-2H3/t10-,11-,12-,14-/m1/s1/i1D3,2D3. The average molecular weight is 249 g/mol. The fourth-order valence-electron chi connectivity index (χ4n) is 3.40. The summed E-state index contributed by atoms with van der Waals surface area (Å²) >= 11 is 0. The van der Waals surface area contributed by atoms with E-state index in [-0.39, 0.29) is 6.61 Å². The predicted octanol–water partition coefficient (Wildman–Crippen LogP) is 2.20. The third-order valence-electron chi connectivity index (χ3n) is 4.32. The molecular formula is C15H17NO2. The largest absolute Gasteiger partial charge is 0.352 e. The summed E-state index contributed by atoms with van der Waals surface area (Å²) in [5.41, 5.74) is -1.13. The number of piperidine rings is 1. The zero-order valence-corrected chi connectivity index (χ0v) is 9.67. The maximum Gasteiger partial charge on any atom is 0.229 e. The molecule has 3 aliphatic rings. The molecule has 0 spiro atoms. The van der Waals surface area contributed by atoms with Crippen molar-refractivity contribution in [3.8, 4) is 0 Å². The van der Waals surface area contributed by atoms with Crippen LogP contribution in [0.4, 0.5) is 0 Å². The van der Waals surface area contributed by atoms with Crippen LogP contribution in [0.3, 0.4) is 0 Å². The van der Waals surface area contributed by atoms with Gasteiger partial charge in [0.25, 0.3) is 0 Å². The molecule has 0 unspecified atom stereocenters. The second kappa shape index (κ2) is 3.15. The summed E-state index contributed by atoms with van der Waals surface area (Å²) in [5.74, 6) is -2.10. The second-order valence-electron chi connectivity index (χ2n) is 5.28. The Balaban J connectivity index is 1.71. The van der Waals surface area contributed by atoms with Crippen LogP contribution in [0.1, 0.15) is 33.7 Å². The van der Waals surface area contributed by atoms with Crippen molar-refractivity contribution in [1.82, 2.24) is 4.90 Å². The first kappa shape index (κ1) is 6.20. The lowest BCUT2D eigenvalue weighted by molar-refractivity contribution is -0.137. The van der Waals surface area contributed by atoms with Gasteiger partial charge >= 0.3 is 0 Å². The van der Waals surface area contributed by atoms with E-state index < -0.39 is 49.1 Å². The molecule has 1 aliphatic carbocycles. The quantitative estimate of drug-likeness (QED) is 0.763. The minimum absolute atomic E-state index is 0.167. The SMILES string of the molecule is [2H]C([2H])([2H])C1(C([2H])([2H])[2H])[C@@H]2[C@H]3CO[C@H](c4ccccc4)N3C(=O)[C@@H]21. The fraction of sp³-hybridized carbons (Fsp3) is 0.533. The number of ether oxygens (including phenoxy) is 1. The van der Waals surface area contributed by atoms with Crippen LogP contribution < -0.4 is 0 Å². The number of fused-ring (bicyclic) bond motifs is 3. The highest BCUT2D eigenvalue weighted by Crippen LogP contribution is 2.67. The average Bonchev–Trinajstić information content (AvgIpc) is 2.91. The van der Waals surface area contributed by atoms with Crippen molar-refractivity contribution >= 4 is 5.91 Å². The van der Waals surface area contributed by atoms with E-state index in [0.29, 0.717) is 0 Å². The summed E-state index contributed by atoms with van der Waals surface area (Å²) in [4.78, 5) is 14.4. The topological polar surface area (TPSA) is 29.5 Å². The number of hydrogen-bond acceptors (Lipinski definition) is 2. The monoisotopic (exact) mass is 249 g/mol. The molecule has 0 radical (unpaired) electrons. The van der Waals surface area contributed by atoms with Crippen LogP contribution in [0.25, 0.3) is 0 Å². The van der Waals surface area contributed by atoms with Gasteiger partial charge in [0.15, 0.2) is 6.23 Å². The summed E-state index contributed by atoms with van der Waals surface area (Å²) in [5, 5.41) is 0. The molecule has 4 atom stereocenters. The van der Waals surface area contributed by atoms with Crippen molar-refractivity contribution in [3.63, 3.8) is 0 Å². The van der Waals surface area contributed by atoms with Crippen LogP contribution >= 0.6 is 0 Å². The highest BCUT2D eigenvalue weighted by Gasteiger charge is 2.73. The van der Waals surface area contributed by atoms with Gasteiger partial charge in [-0.05, 0) is 11.3 Å². The molecule has 1 aromatic carbocycles. The lowest BCUT2D eigenvalue weighted by Gasteiger charge is -2.27. The highest BCUT2D eigenvalue weighted by atomic mass is 16.5. The first-order valence-electron chi connectivity index (χ1n) is 9.11. The maximum absolute atomic E-state index is 12.9. The van der Waals surface area contributed by atoms with E-state index in [1.54, 1.807) is 4.90 Å². The van der Waals surface area contributed by atoms with E-state index in [2.05, 4.69) is 0 Å². The highest BCUT2D eigenvalue weighted by molar-refractivity contribution is 5.87. The van der Waals surface area contributed by atoms with Gasteiger partial charge in [0.05, 0.1) is 12.6 Å². The van der Waals surface area contributed by atoms with E-state index in [9.17, 15) is 4.79 Å². The lowest BCUT2D eigenvalue weighted by Crippen LogP contribution is -2.37. The molecule has 2 heterocycles. The molecule has 2 saturated heterocycles. The summed E-state index contributed by atoms with van der Waals surface area (Å²) in [6.45, 7) is -5.25. The Hall–Kier alpha value is -1.35. The van der Waals surface area contributed by atoms with Gasteiger partial charge in [-0.1, -0.05) is 44.0 Å². The normalized spacial score (nSPS) is 46.0. The number of carbonyl (C=O) groups excluding carboxylic acids is 1. The fourth-order valence-corrected chi connectivity index (χ4v) is 3.40. The number of rotatable bonds is 1. The minimum atomic E-state index is -2.71. The lowest BCUT2D eigenvalue weighted by atomic mass is 10.0. The molecule has 1 amide bonds. The minimum Gasteiger partial charge on any atom is -0.352 e. The van der Waals surface area contributed by atoms with Gasteiger partial charge in [0.2, 0.25) is 5.91 Å². The Labute approximate surface area is 115 Å². The van der Waals surface area contributed by atoms with E-state index >= 15 is 0 Å². The number of amides is 1. The van der Waals surface area contributed by atoms with Crippen LogP contribution in [-0.4, -0.2) is 23.5 Å². The van der Waals surface area contributed by atoms with E-state index in [0.717, 1.165) is 5.56 Å². The number of nitrogens with zero attached hydrogens (tertiary/aromatic N) is 1.